The van der Waals surface area contributed by atoms with E-state index in [2.05, 4.69) is 15.5 Å². The molecule has 0 aliphatic heterocycles. The van der Waals surface area contributed by atoms with Gasteiger partial charge in [-0.15, -0.1) is 10.2 Å². The van der Waals surface area contributed by atoms with Gasteiger partial charge in [-0.1, -0.05) is 13.8 Å². The Bertz CT molecular complexity index is 332. The molecule has 2 N–H and O–H groups in total. The van der Waals surface area contributed by atoms with Gasteiger partial charge < -0.3 is 15.0 Å². The number of rotatable bonds is 5. The van der Waals surface area contributed by atoms with Crippen LogP contribution in [0.1, 0.15) is 39.6 Å². The highest BCUT2D eigenvalue weighted by Crippen LogP contribution is 2.16. The van der Waals surface area contributed by atoms with Crippen molar-refractivity contribution >= 4 is 0 Å². The Morgan fingerprint density at radius 2 is 2.12 bits per heavy atom. The highest BCUT2D eigenvalue weighted by atomic mass is 16.3. The summed E-state index contributed by atoms with van der Waals surface area (Å²) in [6, 6.07) is 0.0812. The summed E-state index contributed by atoms with van der Waals surface area (Å²) in [6.45, 7) is 8.41. The van der Waals surface area contributed by atoms with Crippen LogP contribution in [0.15, 0.2) is 6.33 Å². The average Bonchev–Trinajstić information content (AvgIpc) is 2.61. The maximum atomic E-state index is 10.1. The second-order valence-electron chi connectivity index (χ2n) is 4.91. The Kier molecular flexibility index (Phi) is 4.04. The lowest BCUT2D eigenvalue weighted by Gasteiger charge is -2.29. The number of aromatic nitrogens is 3. The molecule has 0 aliphatic rings. The van der Waals surface area contributed by atoms with Crippen LogP contribution in [0.4, 0.5) is 0 Å². The number of nitrogens with one attached hydrogen (secondary N) is 1. The molecular weight excluding hydrogens is 204 g/mol. The molecule has 0 aromatic carbocycles. The molecule has 0 amide bonds. The van der Waals surface area contributed by atoms with Gasteiger partial charge in [-0.3, -0.25) is 0 Å². The van der Waals surface area contributed by atoms with E-state index in [-0.39, 0.29) is 12.0 Å². The van der Waals surface area contributed by atoms with Crippen molar-refractivity contribution in [2.24, 2.45) is 13.0 Å². The molecule has 16 heavy (non-hydrogen) atoms. The van der Waals surface area contributed by atoms with Gasteiger partial charge in [0.1, 0.15) is 12.2 Å². The normalized spacial score (nSPS) is 17.4. The third kappa shape index (κ3) is 3.02. The SMILES string of the molecule is CC(NCC(C)(O)C(C)C)c1nncn1C. The molecular formula is C11H22N4O. The van der Waals surface area contributed by atoms with Gasteiger partial charge in [-0.2, -0.15) is 0 Å². The van der Waals surface area contributed by atoms with E-state index in [0.717, 1.165) is 5.82 Å². The number of aryl methyl sites for hydroxylation is 1. The van der Waals surface area contributed by atoms with Crippen LogP contribution >= 0.6 is 0 Å². The summed E-state index contributed by atoms with van der Waals surface area (Å²) >= 11 is 0. The topological polar surface area (TPSA) is 63.0 Å². The molecule has 0 bridgehead atoms. The van der Waals surface area contributed by atoms with Crippen LogP contribution in [-0.4, -0.2) is 32.0 Å². The first-order chi connectivity index (χ1) is 7.34. The molecule has 0 aliphatic carbocycles. The van der Waals surface area contributed by atoms with Crippen LogP contribution in [0, 0.1) is 5.92 Å². The zero-order chi connectivity index (χ0) is 12.3. The second kappa shape index (κ2) is 4.93. The van der Waals surface area contributed by atoms with Crippen molar-refractivity contribution in [2.75, 3.05) is 6.54 Å². The van der Waals surface area contributed by atoms with E-state index in [9.17, 15) is 5.11 Å². The number of nitrogens with zero attached hydrogens (tertiary/aromatic N) is 3. The first-order valence-electron chi connectivity index (χ1n) is 5.64. The number of aliphatic hydroxyl groups is 1. The van der Waals surface area contributed by atoms with Gasteiger partial charge in [0.25, 0.3) is 0 Å². The maximum Gasteiger partial charge on any atom is 0.149 e. The van der Waals surface area contributed by atoms with Crippen molar-refractivity contribution < 1.29 is 5.11 Å². The number of hydrogen-bond donors (Lipinski definition) is 2. The van der Waals surface area contributed by atoms with Crippen molar-refractivity contribution in [1.82, 2.24) is 20.1 Å². The Morgan fingerprint density at radius 1 is 1.50 bits per heavy atom. The van der Waals surface area contributed by atoms with Crippen LogP contribution in [0.3, 0.4) is 0 Å². The van der Waals surface area contributed by atoms with Gasteiger partial charge in [0.2, 0.25) is 0 Å². The predicted molar refractivity (Wildman–Crippen MR) is 62.9 cm³/mol. The minimum Gasteiger partial charge on any atom is -0.389 e. The molecule has 1 heterocycles. The Balaban J connectivity index is 2.54. The van der Waals surface area contributed by atoms with E-state index >= 15 is 0 Å². The molecule has 0 saturated carbocycles. The molecule has 1 rings (SSSR count). The summed E-state index contributed by atoms with van der Waals surface area (Å²) in [7, 11) is 1.91. The van der Waals surface area contributed by atoms with Crippen molar-refractivity contribution in [3.8, 4) is 0 Å². The lowest BCUT2D eigenvalue weighted by atomic mass is 9.92. The molecule has 1 aromatic rings. The zero-order valence-electron chi connectivity index (χ0n) is 10.7. The van der Waals surface area contributed by atoms with E-state index in [0.29, 0.717) is 6.54 Å². The van der Waals surface area contributed by atoms with E-state index in [1.807, 2.05) is 39.3 Å². The fourth-order valence-corrected chi connectivity index (χ4v) is 1.34. The quantitative estimate of drug-likeness (QED) is 0.782. The van der Waals surface area contributed by atoms with Gasteiger partial charge in [0, 0.05) is 13.6 Å². The smallest absolute Gasteiger partial charge is 0.149 e. The molecule has 0 saturated heterocycles. The highest BCUT2D eigenvalue weighted by molar-refractivity contribution is 4.93. The van der Waals surface area contributed by atoms with Gasteiger partial charge in [0.05, 0.1) is 11.6 Å². The molecule has 5 heteroatoms. The first kappa shape index (κ1) is 13.1. The summed E-state index contributed by atoms with van der Waals surface area (Å²) in [5.41, 5.74) is -0.702. The molecule has 2 atom stereocenters. The lowest BCUT2D eigenvalue weighted by molar-refractivity contribution is 0.0119. The average molecular weight is 226 g/mol. The molecule has 0 fully saturated rings. The number of hydrogen-bond acceptors (Lipinski definition) is 4. The van der Waals surface area contributed by atoms with Crippen LogP contribution in [0.25, 0.3) is 0 Å². The van der Waals surface area contributed by atoms with Crippen LogP contribution in [-0.2, 0) is 7.05 Å². The van der Waals surface area contributed by atoms with E-state index in [1.54, 1.807) is 6.33 Å². The summed E-state index contributed by atoms with van der Waals surface area (Å²) in [5.74, 6) is 1.09. The third-order valence-corrected chi connectivity index (χ3v) is 3.14. The standard InChI is InChI=1S/C11H22N4O/c1-8(2)11(4,16)6-12-9(3)10-14-13-7-15(10)5/h7-9,12,16H,6H2,1-5H3. The highest BCUT2D eigenvalue weighted by Gasteiger charge is 2.25. The van der Waals surface area contributed by atoms with E-state index in [1.165, 1.54) is 0 Å². The zero-order valence-corrected chi connectivity index (χ0v) is 10.7. The van der Waals surface area contributed by atoms with Crippen molar-refractivity contribution in [3.63, 3.8) is 0 Å². The summed E-state index contributed by atoms with van der Waals surface area (Å²) in [4.78, 5) is 0. The van der Waals surface area contributed by atoms with Gasteiger partial charge >= 0.3 is 0 Å². The first-order valence-corrected chi connectivity index (χ1v) is 5.64. The van der Waals surface area contributed by atoms with Crippen LogP contribution < -0.4 is 5.32 Å². The lowest BCUT2D eigenvalue weighted by Crippen LogP contribution is -2.43. The molecule has 0 radical (unpaired) electrons. The molecule has 5 nitrogen and oxygen atoms in total. The minimum atomic E-state index is -0.702. The van der Waals surface area contributed by atoms with E-state index in [4.69, 9.17) is 0 Å². The van der Waals surface area contributed by atoms with E-state index < -0.39 is 5.60 Å². The van der Waals surface area contributed by atoms with Crippen molar-refractivity contribution in [3.05, 3.63) is 12.2 Å². The fourth-order valence-electron chi connectivity index (χ4n) is 1.34. The summed E-state index contributed by atoms with van der Waals surface area (Å²) in [6.07, 6.45) is 1.67. The Hall–Kier alpha value is -0.940. The summed E-state index contributed by atoms with van der Waals surface area (Å²) in [5, 5.41) is 21.2. The second-order valence-corrected chi connectivity index (χ2v) is 4.91. The van der Waals surface area contributed by atoms with Gasteiger partial charge in [-0.25, -0.2) is 0 Å². The molecule has 1 aromatic heterocycles. The Morgan fingerprint density at radius 3 is 2.56 bits per heavy atom. The third-order valence-electron chi connectivity index (χ3n) is 3.14. The maximum absolute atomic E-state index is 10.1. The van der Waals surface area contributed by atoms with Gasteiger partial charge in [-0.05, 0) is 19.8 Å². The van der Waals surface area contributed by atoms with Crippen LogP contribution in [0.5, 0.6) is 0 Å². The fraction of sp³-hybridized carbons (Fsp3) is 0.818. The monoisotopic (exact) mass is 226 g/mol. The molecule has 2 unspecified atom stereocenters. The minimum absolute atomic E-state index is 0.0812. The van der Waals surface area contributed by atoms with Crippen molar-refractivity contribution in [2.45, 2.75) is 39.3 Å². The van der Waals surface area contributed by atoms with Crippen LogP contribution in [0.2, 0.25) is 0 Å². The Labute approximate surface area is 96.9 Å². The molecule has 0 spiro atoms. The largest absolute Gasteiger partial charge is 0.389 e. The molecule has 92 valence electrons. The van der Waals surface area contributed by atoms with Gasteiger partial charge in [0.15, 0.2) is 0 Å². The summed E-state index contributed by atoms with van der Waals surface area (Å²) < 4.78 is 1.88. The predicted octanol–water partition coefficient (Wildman–Crippen LogP) is 0.873. The van der Waals surface area contributed by atoms with Crippen molar-refractivity contribution in [1.29, 1.82) is 0 Å².